The molecule has 0 atom stereocenters. The minimum atomic E-state index is 0.605. The lowest BCUT2D eigenvalue weighted by Crippen LogP contribution is -1.94. The Balaban J connectivity index is 4.00. The van der Waals surface area contributed by atoms with Gasteiger partial charge in [-0.25, -0.2) is 0 Å². The summed E-state index contributed by atoms with van der Waals surface area (Å²) in [6.07, 6.45) is 5.50. The fourth-order valence-electron chi connectivity index (χ4n) is 0.296. The molecule has 0 bridgehead atoms. The summed E-state index contributed by atoms with van der Waals surface area (Å²) in [6.45, 7) is 5.47. The van der Waals surface area contributed by atoms with Crippen molar-refractivity contribution in [3.63, 3.8) is 0 Å². The zero-order valence-electron chi connectivity index (χ0n) is 5.46. The summed E-state index contributed by atoms with van der Waals surface area (Å²) in [6, 6.07) is 0. The molecule has 0 fully saturated rings. The Morgan fingerprint density at radius 1 is 1.67 bits per heavy atom. The zero-order valence-corrected chi connectivity index (χ0v) is 6.36. The van der Waals surface area contributed by atoms with Gasteiger partial charge in [-0.15, -0.1) is 12.6 Å². The van der Waals surface area contributed by atoms with Crippen LogP contribution < -0.4 is 5.73 Å². The van der Waals surface area contributed by atoms with Crippen molar-refractivity contribution >= 4 is 12.6 Å². The molecular weight excluding hydrogens is 130 g/mol. The number of hydrogen-bond acceptors (Lipinski definition) is 2. The van der Waals surface area contributed by atoms with Crippen LogP contribution in [0.1, 0.15) is 6.92 Å². The lowest BCUT2D eigenvalue weighted by atomic mass is 10.4. The van der Waals surface area contributed by atoms with Crippen molar-refractivity contribution in [3.8, 4) is 0 Å². The van der Waals surface area contributed by atoms with Gasteiger partial charge in [-0.1, -0.05) is 18.7 Å². The van der Waals surface area contributed by atoms with Crippen molar-refractivity contribution in [2.24, 2.45) is 5.73 Å². The van der Waals surface area contributed by atoms with E-state index in [9.17, 15) is 0 Å². The Bertz CT molecular complexity index is 156. The van der Waals surface area contributed by atoms with Gasteiger partial charge in [0, 0.05) is 10.6 Å². The Morgan fingerprint density at radius 3 is 2.56 bits per heavy atom. The molecule has 0 spiro atoms. The molecule has 0 amide bonds. The highest BCUT2D eigenvalue weighted by Gasteiger charge is 1.85. The van der Waals surface area contributed by atoms with Gasteiger partial charge >= 0.3 is 0 Å². The molecule has 0 rings (SSSR count). The summed E-state index contributed by atoms with van der Waals surface area (Å²) in [5, 5.41) is 0. The van der Waals surface area contributed by atoms with Crippen molar-refractivity contribution in [2.45, 2.75) is 6.92 Å². The summed E-state index contributed by atoms with van der Waals surface area (Å²) >= 11 is 3.94. The molecule has 0 unspecified atom stereocenters. The van der Waals surface area contributed by atoms with Crippen LogP contribution in [0.3, 0.4) is 0 Å². The topological polar surface area (TPSA) is 26.0 Å². The lowest BCUT2D eigenvalue weighted by molar-refractivity contribution is 1.41. The molecule has 0 radical (unpaired) electrons. The highest BCUT2D eigenvalue weighted by molar-refractivity contribution is 7.84. The molecule has 0 aliphatic heterocycles. The second-order valence-electron chi connectivity index (χ2n) is 1.59. The Kier molecular flexibility index (Phi) is 3.97. The first-order valence-corrected chi connectivity index (χ1v) is 3.10. The van der Waals surface area contributed by atoms with Gasteiger partial charge in [-0.05, 0) is 13.0 Å². The van der Waals surface area contributed by atoms with Crippen LogP contribution >= 0.6 is 12.6 Å². The third kappa shape index (κ3) is 3.91. The van der Waals surface area contributed by atoms with Gasteiger partial charge < -0.3 is 5.73 Å². The summed E-state index contributed by atoms with van der Waals surface area (Å²) in [4.78, 5) is 0.605. The summed E-state index contributed by atoms with van der Waals surface area (Å²) < 4.78 is 0. The van der Waals surface area contributed by atoms with E-state index < -0.39 is 0 Å². The third-order valence-electron chi connectivity index (χ3n) is 0.801. The van der Waals surface area contributed by atoms with Gasteiger partial charge in [0.15, 0.2) is 0 Å². The van der Waals surface area contributed by atoms with Crippen molar-refractivity contribution in [2.75, 3.05) is 0 Å². The Hall–Kier alpha value is -0.630. The average Bonchev–Trinajstić information content (AvgIpc) is 1.82. The fraction of sp³-hybridized carbons (Fsp3) is 0.143. The van der Waals surface area contributed by atoms with Gasteiger partial charge in [0.05, 0.1) is 0 Å². The molecule has 0 heterocycles. The maximum absolute atomic E-state index is 5.44. The van der Waals surface area contributed by atoms with Gasteiger partial charge in [0.25, 0.3) is 0 Å². The van der Waals surface area contributed by atoms with Crippen LogP contribution in [-0.2, 0) is 0 Å². The number of hydrogen-bond donors (Lipinski definition) is 2. The van der Waals surface area contributed by atoms with Crippen molar-refractivity contribution < 1.29 is 0 Å². The smallest absolute Gasteiger partial charge is 0.0443 e. The number of nitrogens with two attached hydrogens (primary N) is 1. The van der Waals surface area contributed by atoms with E-state index in [4.69, 9.17) is 5.73 Å². The molecule has 2 N–H and O–H groups in total. The largest absolute Gasteiger partial charge is 0.398 e. The Morgan fingerprint density at radius 2 is 2.22 bits per heavy atom. The molecule has 9 heavy (non-hydrogen) atoms. The summed E-state index contributed by atoms with van der Waals surface area (Å²) in [7, 11) is 0. The van der Waals surface area contributed by atoms with Gasteiger partial charge in [0.1, 0.15) is 0 Å². The van der Waals surface area contributed by atoms with Crippen LogP contribution in [0.25, 0.3) is 0 Å². The highest BCUT2D eigenvalue weighted by Crippen LogP contribution is 2.03. The lowest BCUT2D eigenvalue weighted by Gasteiger charge is -1.92. The molecule has 0 aliphatic rings. The maximum atomic E-state index is 5.44. The molecular formula is C7H11NS. The fourth-order valence-corrected chi connectivity index (χ4v) is 0.371. The first kappa shape index (κ1) is 8.37. The van der Waals surface area contributed by atoms with E-state index in [-0.39, 0.29) is 0 Å². The second kappa shape index (κ2) is 4.27. The maximum Gasteiger partial charge on any atom is 0.0443 e. The van der Waals surface area contributed by atoms with Crippen LogP contribution in [0.5, 0.6) is 0 Å². The zero-order chi connectivity index (χ0) is 7.28. The van der Waals surface area contributed by atoms with Crippen LogP contribution in [0.15, 0.2) is 35.4 Å². The number of allylic oxidation sites excluding steroid dienone is 3. The van der Waals surface area contributed by atoms with Crippen LogP contribution in [0.4, 0.5) is 0 Å². The van der Waals surface area contributed by atoms with E-state index >= 15 is 0 Å². The average molecular weight is 141 g/mol. The Labute approximate surface area is 61.4 Å². The molecule has 0 saturated heterocycles. The minimum absolute atomic E-state index is 0.605. The molecule has 0 aromatic heterocycles. The normalized spacial score (nSPS) is 12.4. The van der Waals surface area contributed by atoms with Gasteiger partial charge in [0.2, 0.25) is 0 Å². The standard InChI is InChI=1S/C7H11NS/c1-3-4-5-7(8)6(2)9/h3-5,9H,2,8H2,1H3/b4-3-,7-5+. The van der Waals surface area contributed by atoms with E-state index in [1.165, 1.54) is 0 Å². The van der Waals surface area contributed by atoms with E-state index in [1.54, 1.807) is 6.08 Å². The van der Waals surface area contributed by atoms with Gasteiger partial charge in [-0.3, -0.25) is 0 Å². The monoisotopic (exact) mass is 141 g/mol. The predicted molar refractivity (Wildman–Crippen MR) is 45.2 cm³/mol. The van der Waals surface area contributed by atoms with E-state index in [0.717, 1.165) is 0 Å². The molecule has 0 saturated carbocycles. The first-order valence-electron chi connectivity index (χ1n) is 2.65. The number of rotatable bonds is 2. The van der Waals surface area contributed by atoms with E-state index in [0.29, 0.717) is 10.6 Å². The molecule has 0 aromatic carbocycles. The van der Waals surface area contributed by atoms with Crippen LogP contribution in [-0.4, -0.2) is 0 Å². The minimum Gasteiger partial charge on any atom is -0.398 e. The second-order valence-corrected chi connectivity index (χ2v) is 2.13. The summed E-state index contributed by atoms with van der Waals surface area (Å²) in [5.41, 5.74) is 6.04. The van der Waals surface area contributed by atoms with E-state index in [1.807, 2.05) is 19.1 Å². The molecule has 1 nitrogen and oxygen atoms in total. The van der Waals surface area contributed by atoms with Gasteiger partial charge in [-0.2, -0.15) is 0 Å². The van der Waals surface area contributed by atoms with Crippen molar-refractivity contribution in [1.29, 1.82) is 0 Å². The van der Waals surface area contributed by atoms with Crippen LogP contribution in [0.2, 0.25) is 0 Å². The number of thiol groups is 1. The summed E-state index contributed by atoms with van der Waals surface area (Å²) in [5.74, 6) is 0. The van der Waals surface area contributed by atoms with Crippen LogP contribution in [0, 0.1) is 0 Å². The molecule has 0 aliphatic carbocycles. The van der Waals surface area contributed by atoms with E-state index in [2.05, 4.69) is 19.2 Å². The first-order chi connectivity index (χ1) is 4.18. The molecule has 0 aromatic rings. The molecule has 2 heteroatoms. The predicted octanol–water partition coefficient (Wildman–Crippen LogP) is 1.85. The van der Waals surface area contributed by atoms with Crippen molar-refractivity contribution in [3.05, 3.63) is 35.4 Å². The van der Waals surface area contributed by atoms with Crippen molar-refractivity contribution in [1.82, 2.24) is 0 Å². The highest BCUT2D eigenvalue weighted by atomic mass is 32.1. The SMILES string of the molecule is C=C(S)/C(N)=C\C=C/C. The third-order valence-corrected chi connectivity index (χ3v) is 1.06. The molecule has 50 valence electrons. The quantitative estimate of drug-likeness (QED) is 0.445.